The van der Waals surface area contributed by atoms with Crippen molar-refractivity contribution in [2.45, 2.75) is 0 Å². The van der Waals surface area contributed by atoms with Crippen molar-refractivity contribution in [3.8, 4) is 17.3 Å². The molecule has 5 nitrogen and oxygen atoms in total. The summed E-state index contributed by atoms with van der Waals surface area (Å²) >= 11 is 3.63. The van der Waals surface area contributed by atoms with E-state index >= 15 is 0 Å². The zero-order valence-corrected chi connectivity index (χ0v) is 22.4. The van der Waals surface area contributed by atoms with E-state index in [-0.39, 0.29) is 0 Å². The summed E-state index contributed by atoms with van der Waals surface area (Å²) in [4.78, 5) is 14.8. The highest BCUT2D eigenvalue weighted by Gasteiger charge is 2.18. The number of fused-ring (bicyclic) bond motifs is 6. The summed E-state index contributed by atoms with van der Waals surface area (Å²) in [5.41, 5.74) is 5.23. The lowest BCUT2D eigenvalue weighted by molar-refractivity contribution is 0.669. The Kier molecular flexibility index (Phi) is 5.49. The van der Waals surface area contributed by atoms with Gasteiger partial charge < -0.3 is 4.42 Å². The molecule has 0 saturated heterocycles. The lowest BCUT2D eigenvalue weighted by atomic mass is 10.1. The van der Waals surface area contributed by atoms with Gasteiger partial charge in [0.05, 0.1) is 11.0 Å². The predicted molar refractivity (Wildman–Crippen MR) is 163 cm³/mol. The van der Waals surface area contributed by atoms with Crippen LogP contribution in [0.25, 0.3) is 66.7 Å². The quantitative estimate of drug-likeness (QED) is 0.194. The molecule has 0 saturated carbocycles. The standard InChI is InChI=1S/C33H21BrN4O/c1-3-9-20(4-2)31-35-32(21-14-16-25-24-11-6-8-13-29(24)39-30(25)18-21)37-33(36-31)38-27-12-7-5-10-23(27)26-19-22(34)15-17-28(26)38/h3-19H,1-2H2/b20-9+. The van der Waals surface area contributed by atoms with Gasteiger partial charge in [0.1, 0.15) is 11.2 Å². The molecule has 0 fully saturated rings. The first-order chi connectivity index (χ1) is 19.1. The van der Waals surface area contributed by atoms with Crippen molar-refractivity contribution in [3.63, 3.8) is 0 Å². The third kappa shape index (κ3) is 3.80. The smallest absolute Gasteiger partial charge is 0.238 e. The molecule has 0 aliphatic heterocycles. The van der Waals surface area contributed by atoms with Gasteiger partial charge in [0.15, 0.2) is 11.6 Å². The number of nitrogens with zero attached hydrogens (tertiary/aromatic N) is 4. The lowest BCUT2D eigenvalue weighted by Gasteiger charge is -2.11. The summed E-state index contributed by atoms with van der Waals surface area (Å²) < 4.78 is 9.25. The molecule has 6 heteroatoms. The zero-order valence-electron chi connectivity index (χ0n) is 20.8. The Hall–Kier alpha value is -4.81. The van der Waals surface area contributed by atoms with E-state index < -0.39 is 0 Å². The molecule has 0 aliphatic carbocycles. The van der Waals surface area contributed by atoms with Gasteiger partial charge in [-0.05, 0) is 42.5 Å². The zero-order chi connectivity index (χ0) is 26.5. The maximum absolute atomic E-state index is 6.16. The molecular formula is C33H21BrN4O. The Labute approximate surface area is 232 Å². The van der Waals surface area contributed by atoms with Crippen LogP contribution in [0.15, 0.2) is 125 Å². The summed E-state index contributed by atoms with van der Waals surface area (Å²) in [5, 5.41) is 4.36. The third-order valence-corrected chi connectivity index (χ3v) is 7.36. The van der Waals surface area contributed by atoms with E-state index in [0.29, 0.717) is 17.6 Å². The summed E-state index contributed by atoms with van der Waals surface area (Å²) in [6.07, 6.45) is 5.29. The Bertz CT molecular complexity index is 2130. The topological polar surface area (TPSA) is 56.7 Å². The van der Waals surface area contributed by atoms with Gasteiger partial charge in [-0.2, -0.15) is 9.97 Å². The Morgan fingerprint density at radius 1 is 0.744 bits per heavy atom. The van der Waals surface area contributed by atoms with Crippen molar-refractivity contribution < 1.29 is 4.42 Å². The Morgan fingerprint density at radius 3 is 2.36 bits per heavy atom. The van der Waals surface area contributed by atoms with Crippen molar-refractivity contribution in [3.05, 3.63) is 127 Å². The van der Waals surface area contributed by atoms with Gasteiger partial charge in [-0.1, -0.05) is 89.8 Å². The molecule has 0 spiro atoms. The molecule has 0 aliphatic rings. The molecule has 0 bridgehead atoms. The van der Waals surface area contributed by atoms with Gasteiger partial charge in [-0.25, -0.2) is 4.98 Å². The molecule has 0 N–H and O–H groups in total. The molecule has 4 aromatic carbocycles. The van der Waals surface area contributed by atoms with E-state index in [1.807, 2.05) is 54.6 Å². The van der Waals surface area contributed by atoms with Crippen LogP contribution in [0.2, 0.25) is 0 Å². The molecular weight excluding hydrogens is 548 g/mol. The second-order valence-electron chi connectivity index (χ2n) is 9.17. The van der Waals surface area contributed by atoms with Gasteiger partial charge in [0.25, 0.3) is 0 Å². The van der Waals surface area contributed by atoms with Crippen LogP contribution >= 0.6 is 15.9 Å². The fourth-order valence-electron chi connectivity index (χ4n) is 5.11. The largest absolute Gasteiger partial charge is 0.456 e. The molecule has 7 aromatic rings. The fraction of sp³-hybridized carbons (Fsp3) is 0. The number of furan rings is 1. The van der Waals surface area contributed by atoms with Crippen molar-refractivity contribution in [2.75, 3.05) is 0 Å². The highest BCUT2D eigenvalue weighted by Crippen LogP contribution is 2.35. The minimum atomic E-state index is 0.512. The van der Waals surface area contributed by atoms with Crippen molar-refractivity contribution in [1.82, 2.24) is 19.5 Å². The lowest BCUT2D eigenvalue weighted by Crippen LogP contribution is -2.07. The normalized spacial score (nSPS) is 12.1. The Balaban J connectivity index is 1.52. The SMILES string of the molecule is C=C/C=C(\C=C)c1nc(-c2ccc3c(c2)oc2ccccc23)nc(-n2c3ccccc3c3cc(Br)ccc32)n1. The Morgan fingerprint density at radius 2 is 1.51 bits per heavy atom. The molecule has 0 atom stereocenters. The van der Waals surface area contributed by atoms with E-state index in [2.05, 4.69) is 70.1 Å². The molecule has 0 unspecified atom stereocenters. The first-order valence-corrected chi connectivity index (χ1v) is 13.3. The van der Waals surface area contributed by atoms with Crippen LogP contribution in [-0.4, -0.2) is 19.5 Å². The van der Waals surface area contributed by atoms with E-state index in [1.54, 1.807) is 12.2 Å². The molecule has 3 heterocycles. The van der Waals surface area contributed by atoms with E-state index in [0.717, 1.165) is 59.4 Å². The number of allylic oxidation sites excluding steroid dienone is 4. The highest BCUT2D eigenvalue weighted by molar-refractivity contribution is 9.10. The van der Waals surface area contributed by atoms with Gasteiger partial charge in [0.2, 0.25) is 5.95 Å². The van der Waals surface area contributed by atoms with E-state index in [4.69, 9.17) is 19.4 Å². The van der Waals surface area contributed by atoms with Crippen LogP contribution in [0.5, 0.6) is 0 Å². The number of aromatic nitrogens is 4. The van der Waals surface area contributed by atoms with Gasteiger partial charge >= 0.3 is 0 Å². The number of hydrogen-bond acceptors (Lipinski definition) is 4. The van der Waals surface area contributed by atoms with Crippen molar-refractivity contribution in [1.29, 1.82) is 0 Å². The van der Waals surface area contributed by atoms with Crippen molar-refractivity contribution in [2.24, 2.45) is 0 Å². The number of benzene rings is 4. The van der Waals surface area contributed by atoms with Gasteiger partial charge in [0, 0.05) is 37.2 Å². The minimum Gasteiger partial charge on any atom is -0.456 e. The number of rotatable bonds is 5. The highest BCUT2D eigenvalue weighted by atomic mass is 79.9. The fourth-order valence-corrected chi connectivity index (χ4v) is 5.47. The molecule has 3 aromatic heterocycles. The minimum absolute atomic E-state index is 0.512. The van der Waals surface area contributed by atoms with Crippen LogP contribution < -0.4 is 0 Å². The molecule has 0 amide bonds. The van der Waals surface area contributed by atoms with Crippen LogP contribution in [0, 0.1) is 0 Å². The molecule has 7 rings (SSSR count). The maximum atomic E-state index is 6.16. The first-order valence-electron chi connectivity index (χ1n) is 12.5. The van der Waals surface area contributed by atoms with Crippen molar-refractivity contribution >= 4 is 65.2 Å². The average Bonchev–Trinajstić information content (AvgIpc) is 3.50. The molecule has 39 heavy (non-hydrogen) atoms. The van der Waals surface area contributed by atoms with Crippen LogP contribution in [-0.2, 0) is 0 Å². The maximum Gasteiger partial charge on any atom is 0.238 e. The summed E-state index contributed by atoms with van der Waals surface area (Å²) in [7, 11) is 0. The summed E-state index contributed by atoms with van der Waals surface area (Å²) in [5.74, 6) is 1.57. The number of para-hydroxylation sites is 2. The van der Waals surface area contributed by atoms with Crippen LogP contribution in [0.4, 0.5) is 0 Å². The predicted octanol–water partition coefficient (Wildman–Crippen LogP) is 9.05. The molecule has 0 radical (unpaired) electrons. The van der Waals surface area contributed by atoms with E-state index in [1.165, 1.54) is 0 Å². The second kappa shape index (κ2) is 9.19. The monoisotopic (exact) mass is 568 g/mol. The van der Waals surface area contributed by atoms with Crippen LogP contribution in [0.3, 0.4) is 0 Å². The van der Waals surface area contributed by atoms with E-state index in [9.17, 15) is 0 Å². The number of hydrogen-bond donors (Lipinski definition) is 0. The third-order valence-electron chi connectivity index (χ3n) is 6.87. The number of halogens is 1. The average molecular weight is 569 g/mol. The molecule has 186 valence electrons. The van der Waals surface area contributed by atoms with Gasteiger partial charge in [-0.3, -0.25) is 4.57 Å². The summed E-state index contributed by atoms with van der Waals surface area (Å²) in [6.45, 7) is 7.84. The van der Waals surface area contributed by atoms with Crippen LogP contribution in [0.1, 0.15) is 5.82 Å². The second-order valence-corrected chi connectivity index (χ2v) is 10.1. The van der Waals surface area contributed by atoms with Gasteiger partial charge in [-0.15, -0.1) is 0 Å². The summed E-state index contributed by atoms with van der Waals surface area (Å²) in [6, 6.07) is 28.6. The first kappa shape index (κ1) is 23.3.